The van der Waals surface area contributed by atoms with Crippen molar-refractivity contribution in [2.24, 2.45) is 0 Å². The lowest BCUT2D eigenvalue weighted by molar-refractivity contribution is 0.262. The van der Waals surface area contributed by atoms with E-state index >= 15 is 0 Å². The van der Waals surface area contributed by atoms with Gasteiger partial charge in [0.1, 0.15) is 5.82 Å². The van der Waals surface area contributed by atoms with Gasteiger partial charge in [-0.25, -0.2) is 9.78 Å². The minimum Gasteiger partial charge on any atom is -0.384 e. The predicted octanol–water partition coefficient (Wildman–Crippen LogP) is 2.31. The largest absolute Gasteiger partial charge is 0.384 e. The molecule has 1 heterocycles. The van der Waals surface area contributed by atoms with E-state index in [2.05, 4.69) is 15.6 Å². The molecule has 0 bridgehead atoms. The zero-order valence-electron chi connectivity index (χ0n) is 9.05. The number of anilines is 3. The summed E-state index contributed by atoms with van der Waals surface area (Å²) in [6.45, 7) is 0. The highest BCUT2D eigenvalue weighted by atomic mass is 16.2. The van der Waals surface area contributed by atoms with Crippen LogP contribution in [0.25, 0.3) is 0 Å². The van der Waals surface area contributed by atoms with Crippen LogP contribution in [0.3, 0.4) is 0 Å². The molecule has 1 aromatic carbocycles. The molecule has 0 saturated heterocycles. The number of nitrogens with two attached hydrogens (primary N) is 1. The van der Waals surface area contributed by atoms with Crippen LogP contribution < -0.4 is 16.4 Å². The number of amides is 2. The van der Waals surface area contributed by atoms with Crippen molar-refractivity contribution < 1.29 is 4.79 Å². The second-order valence-corrected chi connectivity index (χ2v) is 3.42. The highest BCUT2D eigenvalue weighted by Crippen LogP contribution is 2.09. The maximum Gasteiger partial charge on any atom is 0.323 e. The summed E-state index contributed by atoms with van der Waals surface area (Å²) in [6.07, 6.45) is 1.50. The van der Waals surface area contributed by atoms with Gasteiger partial charge in [0, 0.05) is 5.69 Å². The van der Waals surface area contributed by atoms with E-state index in [0.717, 1.165) is 5.69 Å². The number of urea groups is 1. The second-order valence-electron chi connectivity index (χ2n) is 3.42. The Labute approximate surface area is 98.7 Å². The topological polar surface area (TPSA) is 80.0 Å². The van der Waals surface area contributed by atoms with E-state index in [1.807, 2.05) is 18.2 Å². The Morgan fingerprint density at radius 3 is 2.35 bits per heavy atom. The number of carbonyl (C=O) groups is 1. The number of hydrogen-bond acceptors (Lipinski definition) is 3. The van der Waals surface area contributed by atoms with Crippen molar-refractivity contribution in [2.75, 3.05) is 16.4 Å². The molecule has 0 spiro atoms. The molecule has 5 nitrogen and oxygen atoms in total. The molecule has 17 heavy (non-hydrogen) atoms. The molecule has 0 aliphatic carbocycles. The number of nitrogens with zero attached hydrogens (tertiary/aromatic N) is 1. The summed E-state index contributed by atoms with van der Waals surface area (Å²) in [7, 11) is 0. The van der Waals surface area contributed by atoms with Crippen LogP contribution in [0.4, 0.5) is 22.0 Å². The van der Waals surface area contributed by atoms with E-state index in [0.29, 0.717) is 11.5 Å². The van der Waals surface area contributed by atoms with Crippen LogP contribution in [-0.2, 0) is 0 Å². The van der Waals surface area contributed by atoms with E-state index in [1.54, 1.807) is 24.3 Å². The van der Waals surface area contributed by atoms with E-state index in [9.17, 15) is 4.79 Å². The molecule has 1 aromatic heterocycles. The van der Waals surface area contributed by atoms with Gasteiger partial charge in [-0.3, -0.25) is 0 Å². The number of aromatic nitrogens is 1. The molecule has 0 unspecified atom stereocenters. The summed E-state index contributed by atoms with van der Waals surface area (Å²) in [4.78, 5) is 15.5. The average Bonchev–Trinajstić information content (AvgIpc) is 2.33. The lowest BCUT2D eigenvalue weighted by atomic mass is 10.3. The molecule has 0 aliphatic heterocycles. The summed E-state index contributed by atoms with van der Waals surface area (Å²) in [6, 6.07) is 12.2. The summed E-state index contributed by atoms with van der Waals surface area (Å²) in [5.41, 5.74) is 6.76. The maximum absolute atomic E-state index is 11.6. The Bertz CT molecular complexity index is 496. The van der Waals surface area contributed by atoms with Crippen molar-refractivity contribution in [1.29, 1.82) is 0 Å². The number of pyridine rings is 1. The van der Waals surface area contributed by atoms with Crippen LogP contribution in [-0.4, -0.2) is 11.0 Å². The number of nitrogens with one attached hydrogen (secondary N) is 2. The quantitative estimate of drug-likeness (QED) is 0.737. The van der Waals surface area contributed by atoms with Gasteiger partial charge in [-0.1, -0.05) is 18.2 Å². The second kappa shape index (κ2) is 4.98. The van der Waals surface area contributed by atoms with Crippen LogP contribution in [0.15, 0.2) is 48.7 Å². The third-order valence-electron chi connectivity index (χ3n) is 2.08. The summed E-state index contributed by atoms with van der Waals surface area (Å²) < 4.78 is 0. The minimum atomic E-state index is -0.317. The van der Waals surface area contributed by atoms with Crippen LogP contribution in [0.1, 0.15) is 0 Å². The first kappa shape index (κ1) is 10.9. The van der Waals surface area contributed by atoms with Gasteiger partial charge in [-0.2, -0.15) is 0 Å². The normalized spacial score (nSPS) is 9.65. The van der Waals surface area contributed by atoms with Gasteiger partial charge in [-0.15, -0.1) is 0 Å². The molecule has 0 fully saturated rings. The molecule has 0 radical (unpaired) electrons. The smallest absolute Gasteiger partial charge is 0.323 e. The standard InChI is InChI=1S/C12H12N4O/c13-11-7-6-10(8-14-11)16-12(17)15-9-4-2-1-3-5-9/h1-8H,(H2,13,14)(H2,15,16,17). The van der Waals surface area contributed by atoms with Gasteiger partial charge in [0.05, 0.1) is 11.9 Å². The summed E-state index contributed by atoms with van der Waals surface area (Å²) in [5.74, 6) is 0.416. The zero-order valence-corrected chi connectivity index (χ0v) is 9.05. The molecule has 4 N–H and O–H groups in total. The van der Waals surface area contributed by atoms with Crippen molar-refractivity contribution >= 4 is 23.2 Å². The van der Waals surface area contributed by atoms with Gasteiger partial charge in [0.25, 0.3) is 0 Å². The Morgan fingerprint density at radius 1 is 1.00 bits per heavy atom. The third-order valence-corrected chi connectivity index (χ3v) is 2.08. The zero-order chi connectivity index (χ0) is 12.1. The number of hydrogen-bond donors (Lipinski definition) is 3. The Kier molecular flexibility index (Phi) is 3.20. The first-order valence-electron chi connectivity index (χ1n) is 5.08. The van der Waals surface area contributed by atoms with E-state index in [-0.39, 0.29) is 6.03 Å². The molecule has 2 aromatic rings. The van der Waals surface area contributed by atoms with Crippen molar-refractivity contribution in [3.63, 3.8) is 0 Å². The molecule has 0 aliphatic rings. The molecule has 2 amide bonds. The number of carbonyl (C=O) groups excluding carboxylic acids is 1. The lowest BCUT2D eigenvalue weighted by Gasteiger charge is -2.07. The monoisotopic (exact) mass is 228 g/mol. The molecule has 0 saturated carbocycles. The number of para-hydroxylation sites is 1. The van der Waals surface area contributed by atoms with Crippen molar-refractivity contribution in [2.45, 2.75) is 0 Å². The van der Waals surface area contributed by atoms with Gasteiger partial charge in [-0.05, 0) is 24.3 Å². The van der Waals surface area contributed by atoms with Crippen LogP contribution in [0.5, 0.6) is 0 Å². The predicted molar refractivity (Wildman–Crippen MR) is 67.7 cm³/mol. The van der Waals surface area contributed by atoms with Crippen LogP contribution in [0.2, 0.25) is 0 Å². The third kappa shape index (κ3) is 3.20. The van der Waals surface area contributed by atoms with E-state index < -0.39 is 0 Å². The number of nitrogen functional groups attached to an aromatic ring is 1. The van der Waals surface area contributed by atoms with Gasteiger partial charge in [0.2, 0.25) is 0 Å². The van der Waals surface area contributed by atoms with Crippen LogP contribution in [0, 0.1) is 0 Å². The first-order valence-corrected chi connectivity index (χ1v) is 5.08. The average molecular weight is 228 g/mol. The summed E-state index contributed by atoms with van der Waals surface area (Å²) >= 11 is 0. The fourth-order valence-electron chi connectivity index (χ4n) is 1.29. The first-order chi connectivity index (χ1) is 8.24. The van der Waals surface area contributed by atoms with Crippen molar-refractivity contribution in [3.05, 3.63) is 48.7 Å². The Hall–Kier alpha value is -2.56. The van der Waals surface area contributed by atoms with Crippen molar-refractivity contribution in [1.82, 2.24) is 4.98 Å². The molecule has 2 rings (SSSR count). The molecule has 86 valence electrons. The lowest BCUT2D eigenvalue weighted by Crippen LogP contribution is -2.19. The van der Waals surface area contributed by atoms with Gasteiger partial charge < -0.3 is 16.4 Å². The fraction of sp³-hybridized carbons (Fsp3) is 0. The van der Waals surface area contributed by atoms with Gasteiger partial charge >= 0.3 is 6.03 Å². The highest BCUT2D eigenvalue weighted by Gasteiger charge is 2.01. The molecular formula is C12H12N4O. The highest BCUT2D eigenvalue weighted by molar-refractivity contribution is 5.99. The number of rotatable bonds is 2. The Balaban J connectivity index is 1.96. The number of benzene rings is 1. The maximum atomic E-state index is 11.6. The molecular weight excluding hydrogens is 216 g/mol. The van der Waals surface area contributed by atoms with E-state index in [1.165, 1.54) is 6.20 Å². The summed E-state index contributed by atoms with van der Waals surface area (Å²) in [5, 5.41) is 5.35. The minimum absolute atomic E-state index is 0.317. The van der Waals surface area contributed by atoms with E-state index in [4.69, 9.17) is 5.73 Å². The molecule has 0 atom stereocenters. The SMILES string of the molecule is Nc1ccc(NC(=O)Nc2ccccc2)cn1. The molecule has 5 heteroatoms. The van der Waals surface area contributed by atoms with Crippen molar-refractivity contribution in [3.8, 4) is 0 Å². The fourth-order valence-corrected chi connectivity index (χ4v) is 1.29. The van der Waals surface area contributed by atoms with Gasteiger partial charge in [0.15, 0.2) is 0 Å². The Morgan fingerprint density at radius 2 is 1.71 bits per heavy atom. The van der Waals surface area contributed by atoms with Crippen LogP contribution >= 0.6 is 0 Å².